The van der Waals surface area contributed by atoms with Crippen LogP contribution in [0.5, 0.6) is 11.5 Å². The molecule has 2 aromatic carbocycles. The van der Waals surface area contributed by atoms with E-state index < -0.39 is 11.6 Å². The maximum atomic E-state index is 14.9. The summed E-state index contributed by atoms with van der Waals surface area (Å²) in [5, 5.41) is 0. The highest BCUT2D eigenvalue weighted by Crippen LogP contribution is 2.35. The monoisotopic (exact) mass is 613 g/mol. The first kappa shape index (κ1) is 30.5. The van der Waals surface area contributed by atoms with E-state index in [1.165, 1.54) is 18.2 Å². The molecule has 0 N–H and O–H groups in total. The fraction of sp³-hybridized carbons (Fsp3) is 0.343. The van der Waals surface area contributed by atoms with Crippen molar-refractivity contribution in [1.82, 2.24) is 19.8 Å². The number of rotatable bonds is 9. The van der Waals surface area contributed by atoms with E-state index in [1.807, 2.05) is 24.4 Å². The Hall–Kier alpha value is -4.57. The van der Waals surface area contributed by atoms with Crippen molar-refractivity contribution in [3.05, 3.63) is 101 Å². The molecule has 1 amide bonds. The summed E-state index contributed by atoms with van der Waals surface area (Å²) in [5.74, 6) is -0.389. The predicted molar refractivity (Wildman–Crippen MR) is 169 cm³/mol. The van der Waals surface area contributed by atoms with Crippen LogP contribution in [-0.4, -0.2) is 72.1 Å². The molecule has 10 heteroatoms. The van der Waals surface area contributed by atoms with E-state index in [-0.39, 0.29) is 30.3 Å². The van der Waals surface area contributed by atoms with Crippen molar-refractivity contribution in [3.63, 3.8) is 0 Å². The number of fused-ring (bicyclic) bond motifs is 1. The summed E-state index contributed by atoms with van der Waals surface area (Å²) in [5.41, 5.74) is 4.07. The lowest BCUT2D eigenvalue weighted by Gasteiger charge is -2.38. The van der Waals surface area contributed by atoms with E-state index >= 15 is 0 Å². The van der Waals surface area contributed by atoms with Crippen molar-refractivity contribution in [2.45, 2.75) is 39.4 Å². The SMILES string of the molecule is COc1ccc(CN2Cc3nc(-c4c(F)cccc4F)cc(Cc4ccc(N5CCN(C(C)C)CC5)cn4)c3C2=O)c(OC)c1. The van der Waals surface area contributed by atoms with Crippen LogP contribution in [0.3, 0.4) is 0 Å². The minimum atomic E-state index is -0.711. The summed E-state index contributed by atoms with van der Waals surface area (Å²) in [6.45, 7) is 8.74. The highest BCUT2D eigenvalue weighted by molar-refractivity contribution is 5.99. The molecular formula is C35H37F2N5O3. The highest BCUT2D eigenvalue weighted by atomic mass is 19.1. The van der Waals surface area contributed by atoms with Crippen molar-refractivity contribution in [1.29, 1.82) is 0 Å². The van der Waals surface area contributed by atoms with Crippen LogP contribution in [0, 0.1) is 11.6 Å². The average Bonchev–Trinajstić information content (AvgIpc) is 3.36. The largest absolute Gasteiger partial charge is 0.497 e. The van der Waals surface area contributed by atoms with Crippen molar-refractivity contribution in [3.8, 4) is 22.8 Å². The van der Waals surface area contributed by atoms with Crippen LogP contribution in [0.1, 0.15) is 46.7 Å². The summed E-state index contributed by atoms with van der Waals surface area (Å²) >= 11 is 0. The molecule has 2 aliphatic rings. The first-order valence-corrected chi connectivity index (χ1v) is 15.2. The van der Waals surface area contributed by atoms with E-state index in [1.54, 1.807) is 31.3 Å². The molecule has 45 heavy (non-hydrogen) atoms. The van der Waals surface area contributed by atoms with Gasteiger partial charge in [0.2, 0.25) is 0 Å². The quantitative estimate of drug-likeness (QED) is 0.239. The smallest absolute Gasteiger partial charge is 0.256 e. The third kappa shape index (κ3) is 6.20. The van der Waals surface area contributed by atoms with Crippen LogP contribution in [0.4, 0.5) is 14.5 Å². The molecule has 2 aromatic heterocycles. The molecule has 0 bridgehead atoms. The molecule has 0 spiro atoms. The van der Waals surface area contributed by atoms with Gasteiger partial charge in [0.25, 0.3) is 5.91 Å². The molecule has 0 aliphatic carbocycles. The molecule has 4 aromatic rings. The number of pyridine rings is 2. The molecule has 1 fully saturated rings. The van der Waals surface area contributed by atoms with Crippen LogP contribution in [-0.2, 0) is 19.5 Å². The van der Waals surface area contributed by atoms with Gasteiger partial charge in [-0.3, -0.25) is 14.7 Å². The fourth-order valence-corrected chi connectivity index (χ4v) is 6.17. The van der Waals surface area contributed by atoms with E-state index in [9.17, 15) is 13.6 Å². The lowest BCUT2D eigenvalue weighted by atomic mass is 9.98. The van der Waals surface area contributed by atoms with Gasteiger partial charge in [0.15, 0.2) is 0 Å². The van der Waals surface area contributed by atoms with Gasteiger partial charge in [0.05, 0.1) is 61.7 Å². The number of nitrogens with zero attached hydrogens (tertiary/aromatic N) is 5. The van der Waals surface area contributed by atoms with Crippen LogP contribution < -0.4 is 14.4 Å². The zero-order valence-electron chi connectivity index (χ0n) is 26.0. The highest BCUT2D eigenvalue weighted by Gasteiger charge is 2.33. The van der Waals surface area contributed by atoms with E-state index in [2.05, 4.69) is 34.7 Å². The molecule has 4 heterocycles. The molecule has 0 atom stereocenters. The fourth-order valence-electron chi connectivity index (χ4n) is 6.17. The Kier molecular flexibility index (Phi) is 8.67. The zero-order valence-corrected chi connectivity index (χ0v) is 26.0. The third-order valence-electron chi connectivity index (χ3n) is 8.68. The Morgan fingerprint density at radius 2 is 1.64 bits per heavy atom. The Morgan fingerprint density at radius 3 is 2.29 bits per heavy atom. The van der Waals surface area contributed by atoms with Crippen LogP contribution in [0.2, 0.25) is 0 Å². The van der Waals surface area contributed by atoms with Crippen molar-refractivity contribution < 1.29 is 23.0 Å². The van der Waals surface area contributed by atoms with Crippen molar-refractivity contribution in [2.75, 3.05) is 45.3 Å². The number of hydrogen-bond acceptors (Lipinski definition) is 7. The van der Waals surface area contributed by atoms with Crippen LogP contribution in [0.25, 0.3) is 11.3 Å². The minimum absolute atomic E-state index is 0.149. The van der Waals surface area contributed by atoms with E-state index in [4.69, 9.17) is 14.5 Å². The van der Waals surface area contributed by atoms with Gasteiger partial charge >= 0.3 is 0 Å². The van der Waals surface area contributed by atoms with Gasteiger partial charge in [-0.15, -0.1) is 0 Å². The van der Waals surface area contributed by atoms with E-state index in [0.29, 0.717) is 40.8 Å². The first-order chi connectivity index (χ1) is 21.7. The maximum Gasteiger partial charge on any atom is 0.256 e. The van der Waals surface area contributed by atoms with Crippen LogP contribution in [0.15, 0.2) is 60.8 Å². The Morgan fingerprint density at radius 1 is 0.889 bits per heavy atom. The standard InChI is InChI=1S/C35H37F2N5O3/c1-22(2)40-12-14-41(15-13-40)26-10-9-25(38-19-26)16-24-17-30(34-28(36)6-5-7-29(34)37)39-31-21-42(35(43)33(24)31)20-23-8-11-27(44-3)18-32(23)45-4/h5-11,17-19,22H,12-16,20-21H2,1-4H3. The number of benzene rings is 2. The Balaban J connectivity index is 1.31. The zero-order chi connectivity index (χ0) is 31.7. The second-order valence-electron chi connectivity index (χ2n) is 11.7. The number of anilines is 1. The summed E-state index contributed by atoms with van der Waals surface area (Å²) in [6.07, 6.45) is 2.17. The van der Waals surface area contributed by atoms with Gasteiger partial charge in [-0.05, 0) is 61.9 Å². The summed E-state index contributed by atoms with van der Waals surface area (Å²) < 4.78 is 40.7. The molecule has 8 nitrogen and oxygen atoms in total. The number of methoxy groups -OCH3 is 2. The number of carbonyl (C=O) groups excluding carboxylic acids is 1. The average molecular weight is 614 g/mol. The van der Waals surface area contributed by atoms with Gasteiger partial charge in [-0.2, -0.15) is 0 Å². The molecule has 2 aliphatic heterocycles. The van der Waals surface area contributed by atoms with Gasteiger partial charge in [0.1, 0.15) is 23.1 Å². The van der Waals surface area contributed by atoms with Gasteiger partial charge in [0, 0.05) is 56.0 Å². The number of halogens is 2. The first-order valence-electron chi connectivity index (χ1n) is 15.2. The van der Waals surface area contributed by atoms with Gasteiger partial charge in [-0.1, -0.05) is 6.07 Å². The Labute approximate surface area is 262 Å². The minimum Gasteiger partial charge on any atom is -0.497 e. The molecule has 0 unspecified atom stereocenters. The number of ether oxygens (including phenoxy) is 2. The number of amides is 1. The molecule has 1 saturated heterocycles. The predicted octanol–water partition coefficient (Wildman–Crippen LogP) is 5.72. The summed E-state index contributed by atoms with van der Waals surface area (Å²) in [4.78, 5) is 29.7. The molecular weight excluding hydrogens is 576 g/mol. The maximum absolute atomic E-state index is 14.9. The summed E-state index contributed by atoms with van der Waals surface area (Å²) in [7, 11) is 3.15. The number of piperazine rings is 1. The molecule has 0 radical (unpaired) electrons. The second-order valence-corrected chi connectivity index (χ2v) is 11.7. The third-order valence-corrected chi connectivity index (χ3v) is 8.68. The lowest BCUT2D eigenvalue weighted by Crippen LogP contribution is -2.48. The molecule has 6 rings (SSSR count). The number of hydrogen-bond donors (Lipinski definition) is 0. The molecule has 0 saturated carbocycles. The lowest BCUT2D eigenvalue weighted by molar-refractivity contribution is 0.0764. The topological polar surface area (TPSA) is 71.0 Å². The second kappa shape index (κ2) is 12.8. The van der Waals surface area contributed by atoms with Gasteiger partial charge < -0.3 is 19.3 Å². The molecule has 234 valence electrons. The number of carbonyl (C=O) groups is 1. The summed E-state index contributed by atoms with van der Waals surface area (Å²) in [6, 6.07) is 15.3. The van der Waals surface area contributed by atoms with Gasteiger partial charge in [-0.25, -0.2) is 13.8 Å². The van der Waals surface area contributed by atoms with Crippen molar-refractivity contribution >= 4 is 11.6 Å². The van der Waals surface area contributed by atoms with Crippen LogP contribution >= 0.6 is 0 Å². The normalized spacial score (nSPS) is 15.1. The Bertz CT molecular complexity index is 1680. The van der Waals surface area contributed by atoms with Crippen molar-refractivity contribution in [2.24, 2.45) is 0 Å². The number of aromatic nitrogens is 2. The van der Waals surface area contributed by atoms with E-state index in [0.717, 1.165) is 43.1 Å².